The summed E-state index contributed by atoms with van der Waals surface area (Å²) in [5.74, 6) is 1.59. The lowest BCUT2D eigenvalue weighted by atomic mass is 10.3. The molecule has 0 amide bonds. The monoisotopic (exact) mass is 253 g/mol. The molecule has 6 heteroatoms. The second-order valence-electron chi connectivity index (χ2n) is 3.05. The summed E-state index contributed by atoms with van der Waals surface area (Å²) in [6.07, 6.45) is 0. The summed E-state index contributed by atoms with van der Waals surface area (Å²) in [6, 6.07) is 7.90. The van der Waals surface area contributed by atoms with Crippen molar-refractivity contribution in [3.8, 4) is 5.75 Å². The fourth-order valence-electron chi connectivity index (χ4n) is 1.16. The molecule has 0 saturated carbocycles. The van der Waals surface area contributed by atoms with Crippen molar-refractivity contribution in [1.29, 1.82) is 0 Å². The molecule has 2 aromatic rings. The number of thioether (sulfide) groups is 1. The molecule has 1 heterocycles. The van der Waals surface area contributed by atoms with Crippen molar-refractivity contribution in [2.75, 3.05) is 12.8 Å². The topological polar surface area (TPSA) is 61.0 Å². The fraction of sp³-hybridized carbons (Fsp3) is 0.200. The van der Waals surface area contributed by atoms with E-state index in [1.165, 1.54) is 11.5 Å². The highest BCUT2D eigenvalue weighted by Crippen LogP contribution is 2.27. The van der Waals surface area contributed by atoms with E-state index in [9.17, 15) is 0 Å². The molecule has 4 nitrogen and oxygen atoms in total. The Morgan fingerprint density at radius 1 is 1.50 bits per heavy atom. The number of rotatable bonds is 4. The smallest absolute Gasteiger partial charge is 0.131 e. The van der Waals surface area contributed by atoms with E-state index in [0.29, 0.717) is 5.00 Å². The number of nitrogens with two attached hydrogens (primary N) is 1. The van der Waals surface area contributed by atoms with Crippen LogP contribution >= 0.6 is 23.3 Å². The largest absolute Gasteiger partial charge is 0.497 e. The highest BCUT2D eigenvalue weighted by molar-refractivity contribution is 7.98. The Bertz CT molecular complexity index is 473. The van der Waals surface area contributed by atoms with Gasteiger partial charge in [0.25, 0.3) is 0 Å². The standard InChI is InChI=1S/C10H11N3OS2/c1-14-7-3-2-4-8(5-7)15-6-9-10(11)16-13-12-9/h2-5H,6,11H2,1H3. The van der Waals surface area contributed by atoms with E-state index in [-0.39, 0.29) is 0 Å². The van der Waals surface area contributed by atoms with Crippen LogP contribution in [0.15, 0.2) is 29.2 Å². The molecule has 0 atom stereocenters. The van der Waals surface area contributed by atoms with Gasteiger partial charge >= 0.3 is 0 Å². The number of aromatic nitrogens is 2. The maximum atomic E-state index is 5.72. The zero-order chi connectivity index (χ0) is 11.4. The number of anilines is 1. The highest BCUT2D eigenvalue weighted by Gasteiger charge is 2.05. The summed E-state index contributed by atoms with van der Waals surface area (Å²) in [6.45, 7) is 0. The number of nitrogens with zero attached hydrogens (tertiary/aromatic N) is 2. The molecule has 0 aliphatic rings. The molecule has 0 aliphatic carbocycles. The molecular formula is C10H11N3OS2. The molecule has 16 heavy (non-hydrogen) atoms. The molecular weight excluding hydrogens is 242 g/mol. The quantitative estimate of drug-likeness (QED) is 0.848. The third kappa shape index (κ3) is 2.65. The summed E-state index contributed by atoms with van der Waals surface area (Å²) in [5, 5.41) is 4.66. The van der Waals surface area contributed by atoms with Gasteiger partial charge in [0.05, 0.1) is 7.11 Å². The van der Waals surface area contributed by atoms with E-state index in [1.54, 1.807) is 18.9 Å². The van der Waals surface area contributed by atoms with Crippen molar-refractivity contribution in [3.63, 3.8) is 0 Å². The van der Waals surface area contributed by atoms with Crippen LogP contribution in [0.5, 0.6) is 5.75 Å². The Kier molecular flexibility index (Phi) is 3.63. The minimum Gasteiger partial charge on any atom is -0.497 e. The maximum absolute atomic E-state index is 5.72. The third-order valence-corrected chi connectivity index (χ3v) is 3.60. The number of nitrogen functional groups attached to an aromatic ring is 1. The van der Waals surface area contributed by atoms with E-state index in [2.05, 4.69) is 9.59 Å². The van der Waals surface area contributed by atoms with Crippen LogP contribution < -0.4 is 10.5 Å². The van der Waals surface area contributed by atoms with Crippen LogP contribution in [0.3, 0.4) is 0 Å². The molecule has 2 rings (SSSR count). The van der Waals surface area contributed by atoms with Gasteiger partial charge in [0, 0.05) is 22.2 Å². The lowest BCUT2D eigenvalue weighted by molar-refractivity contribution is 0.413. The van der Waals surface area contributed by atoms with Crippen molar-refractivity contribution >= 4 is 28.3 Å². The van der Waals surface area contributed by atoms with Crippen molar-refractivity contribution in [2.24, 2.45) is 0 Å². The Balaban J connectivity index is 2.02. The first-order valence-electron chi connectivity index (χ1n) is 4.63. The van der Waals surface area contributed by atoms with Gasteiger partial charge in [-0.25, -0.2) is 0 Å². The average molecular weight is 253 g/mol. The number of hydrogen-bond donors (Lipinski definition) is 1. The van der Waals surface area contributed by atoms with E-state index >= 15 is 0 Å². The second-order valence-corrected chi connectivity index (χ2v) is 4.89. The summed E-state index contributed by atoms with van der Waals surface area (Å²) >= 11 is 2.89. The van der Waals surface area contributed by atoms with Gasteiger partial charge in [-0.05, 0) is 18.2 Å². The van der Waals surface area contributed by atoms with Crippen LogP contribution in [0.25, 0.3) is 0 Å². The van der Waals surface area contributed by atoms with Crippen LogP contribution in [0.1, 0.15) is 5.69 Å². The molecule has 0 unspecified atom stereocenters. The summed E-state index contributed by atoms with van der Waals surface area (Å²) in [4.78, 5) is 1.13. The summed E-state index contributed by atoms with van der Waals surface area (Å²) < 4.78 is 8.95. The van der Waals surface area contributed by atoms with Gasteiger partial charge < -0.3 is 10.5 Å². The molecule has 1 aromatic carbocycles. The first-order chi connectivity index (χ1) is 7.79. The van der Waals surface area contributed by atoms with Gasteiger partial charge in [0.1, 0.15) is 16.4 Å². The molecule has 0 bridgehead atoms. The Hall–Kier alpha value is -1.27. The molecule has 0 fully saturated rings. The zero-order valence-electron chi connectivity index (χ0n) is 8.71. The first-order valence-corrected chi connectivity index (χ1v) is 6.39. The predicted molar refractivity (Wildman–Crippen MR) is 66.9 cm³/mol. The molecule has 0 radical (unpaired) electrons. The fourth-order valence-corrected chi connectivity index (χ4v) is 2.59. The molecule has 0 aliphatic heterocycles. The van der Waals surface area contributed by atoms with Gasteiger partial charge in [-0.1, -0.05) is 10.6 Å². The maximum Gasteiger partial charge on any atom is 0.131 e. The van der Waals surface area contributed by atoms with E-state index in [4.69, 9.17) is 10.5 Å². The first kappa shape index (κ1) is 11.2. The molecule has 1 aromatic heterocycles. The van der Waals surface area contributed by atoms with Crippen molar-refractivity contribution in [3.05, 3.63) is 30.0 Å². The third-order valence-electron chi connectivity index (χ3n) is 2.00. The van der Waals surface area contributed by atoms with Gasteiger partial charge in [0.2, 0.25) is 0 Å². The van der Waals surface area contributed by atoms with Gasteiger partial charge in [-0.15, -0.1) is 16.9 Å². The van der Waals surface area contributed by atoms with Gasteiger partial charge in [-0.3, -0.25) is 0 Å². The van der Waals surface area contributed by atoms with Crippen LogP contribution in [-0.2, 0) is 5.75 Å². The van der Waals surface area contributed by atoms with Crippen molar-refractivity contribution < 1.29 is 4.74 Å². The number of benzene rings is 1. The van der Waals surface area contributed by atoms with Crippen molar-refractivity contribution in [2.45, 2.75) is 10.6 Å². The number of methoxy groups -OCH3 is 1. The average Bonchev–Trinajstić information content (AvgIpc) is 2.72. The van der Waals surface area contributed by atoms with E-state index in [1.807, 2.05) is 24.3 Å². The lowest BCUT2D eigenvalue weighted by Gasteiger charge is -2.03. The van der Waals surface area contributed by atoms with E-state index in [0.717, 1.165) is 22.1 Å². The minimum absolute atomic E-state index is 0.690. The normalized spacial score (nSPS) is 10.3. The Morgan fingerprint density at radius 2 is 2.38 bits per heavy atom. The Labute approximate surface area is 102 Å². The van der Waals surface area contributed by atoms with Crippen LogP contribution in [-0.4, -0.2) is 16.7 Å². The Morgan fingerprint density at radius 3 is 3.06 bits per heavy atom. The van der Waals surface area contributed by atoms with E-state index < -0.39 is 0 Å². The van der Waals surface area contributed by atoms with Crippen molar-refractivity contribution in [1.82, 2.24) is 9.59 Å². The molecule has 0 saturated heterocycles. The van der Waals surface area contributed by atoms with Crippen LogP contribution in [0.2, 0.25) is 0 Å². The molecule has 84 valence electrons. The number of ether oxygens (including phenoxy) is 1. The molecule has 2 N–H and O–H groups in total. The zero-order valence-corrected chi connectivity index (χ0v) is 10.3. The molecule has 0 spiro atoms. The lowest BCUT2D eigenvalue weighted by Crippen LogP contribution is -1.89. The number of hydrogen-bond acceptors (Lipinski definition) is 6. The van der Waals surface area contributed by atoms with Gasteiger partial charge in [0.15, 0.2) is 0 Å². The summed E-state index contributed by atoms with van der Waals surface area (Å²) in [7, 11) is 1.66. The van der Waals surface area contributed by atoms with Crippen LogP contribution in [0, 0.1) is 0 Å². The highest BCUT2D eigenvalue weighted by atomic mass is 32.2. The van der Waals surface area contributed by atoms with Crippen LogP contribution in [0.4, 0.5) is 5.00 Å². The SMILES string of the molecule is COc1cccc(SCc2nnsc2N)c1. The minimum atomic E-state index is 0.690. The summed E-state index contributed by atoms with van der Waals surface area (Å²) in [5.41, 5.74) is 6.56. The predicted octanol–water partition coefficient (Wildman–Crippen LogP) is 2.42. The van der Waals surface area contributed by atoms with Gasteiger partial charge in [-0.2, -0.15) is 0 Å². The second kappa shape index (κ2) is 5.18.